The Morgan fingerprint density at radius 3 is 1.76 bits per heavy atom. The van der Waals surface area contributed by atoms with E-state index in [1.54, 1.807) is 0 Å². The second-order valence-electron chi connectivity index (χ2n) is 5.87. The Bertz CT molecular complexity index is 789. The van der Waals surface area contributed by atoms with E-state index in [9.17, 15) is 4.57 Å². The first-order chi connectivity index (χ1) is 12.2. The van der Waals surface area contributed by atoms with E-state index in [0.717, 1.165) is 17.0 Å². The first kappa shape index (κ1) is 17.5. The summed E-state index contributed by atoms with van der Waals surface area (Å²) in [7, 11) is -2.86. The molecule has 4 heteroatoms. The highest BCUT2D eigenvalue weighted by Crippen LogP contribution is 2.43. The Balaban J connectivity index is 1.85. The van der Waals surface area contributed by atoms with E-state index in [1.165, 1.54) is 5.56 Å². The molecule has 2 N–H and O–H groups in total. The van der Waals surface area contributed by atoms with E-state index >= 15 is 0 Å². The van der Waals surface area contributed by atoms with Crippen LogP contribution >= 0.6 is 7.14 Å². The number of rotatable bonds is 7. The summed E-state index contributed by atoms with van der Waals surface area (Å²) in [6, 6.07) is 26.9. The average molecular weight is 351 g/mol. The molecule has 0 atom stereocenters. The maximum atomic E-state index is 13.8. The van der Waals surface area contributed by atoms with Gasteiger partial charge in [0.05, 0.1) is 0 Å². The highest BCUT2D eigenvalue weighted by atomic mass is 31.2. The van der Waals surface area contributed by atoms with E-state index in [0.29, 0.717) is 12.3 Å². The third kappa shape index (κ3) is 4.19. The van der Waals surface area contributed by atoms with Crippen LogP contribution in [0.25, 0.3) is 0 Å². The van der Waals surface area contributed by atoms with Crippen LogP contribution in [0.15, 0.2) is 84.9 Å². The lowest BCUT2D eigenvalue weighted by Gasteiger charge is -2.20. The second kappa shape index (κ2) is 8.15. The zero-order chi connectivity index (χ0) is 17.5. The zero-order valence-electron chi connectivity index (χ0n) is 14.0. The standard InChI is InChI=1S/C21H22NO2P/c22-16-15-18-11-13-19(14-12-18)24-17-25(23,20-7-3-1-4-8-20)21-9-5-2-6-10-21/h1-14H,15-17,22H2. The minimum atomic E-state index is -2.86. The summed E-state index contributed by atoms with van der Waals surface area (Å²) < 4.78 is 19.7. The van der Waals surface area contributed by atoms with Crippen molar-refractivity contribution >= 4 is 17.8 Å². The van der Waals surface area contributed by atoms with Crippen LogP contribution in [0.4, 0.5) is 0 Å². The number of hydrogen-bond acceptors (Lipinski definition) is 3. The molecule has 0 unspecified atom stereocenters. The van der Waals surface area contributed by atoms with Gasteiger partial charge in [-0.3, -0.25) is 0 Å². The van der Waals surface area contributed by atoms with Crippen molar-refractivity contribution in [1.29, 1.82) is 0 Å². The van der Waals surface area contributed by atoms with Crippen molar-refractivity contribution in [1.82, 2.24) is 0 Å². The van der Waals surface area contributed by atoms with Crippen molar-refractivity contribution in [3.05, 3.63) is 90.5 Å². The smallest absolute Gasteiger partial charge is 0.178 e. The molecular formula is C21H22NO2P. The van der Waals surface area contributed by atoms with Crippen molar-refractivity contribution in [2.45, 2.75) is 6.42 Å². The van der Waals surface area contributed by atoms with Crippen LogP contribution in [-0.4, -0.2) is 12.9 Å². The number of benzene rings is 3. The highest BCUT2D eigenvalue weighted by molar-refractivity contribution is 7.78. The van der Waals surface area contributed by atoms with E-state index in [4.69, 9.17) is 10.5 Å². The number of nitrogens with two attached hydrogens (primary N) is 1. The number of hydrogen-bond donors (Lipinski definition) is 1. The zero-order valence-corrected chi connectivity index (χ0v) is 14.9. The fourth-order valence-electron chi connectivity index (χ4n) is 2.72. The summed E-state index contributed by atoms with van der Waals surface area (Å²) in [4.78, 5) is 0. The van der Waals surface area contributed by atoms with Crippen LogP contribution in [-0.2, 0) is 11.0 Å². The fourth-order valence-corrected chi connectivity index (χ4v) is 4.95. The Kier molecular flexibility index (Phi) is 5.70. The Hall–Kier alpha value is -2.35. The molecule has 0 aliphatic carbocycles. The van der Waals surface area contributed by atoms with Crippen molar-refractivity contribution in [2.75, 3.05) is 12.9 Å². The van der Waals surface area contributed by atoms with Gasteiger partial charge in [-0.1, -0.05) is 72.8 Å². The molecule has 0 saturated heterocycles. The first-order valence-electron chi connectivity index (χ1n) is 8.34. The largest absolute Gasteiger partial charge is 0.485 e. The first-order valence-corrected chi connectivity index (χ1v) is 10.2. The molecule has 3 aromatic rings. The quantitative estimate of drug-likeness (QED) is 0.663. The summed E-state index contributed by atoms with van der Waals surface area (Å²) in [6.07, 6.45) is 0.976. The van der Waals surface area contributed by atoms with Gasteiger partial charge < -0.3 is 15.0 Å². The van der Waals surface area contributed by atoms with Crippen molar-refractivity contribution < 1.29 is 9.30 Å². The van der Waals surface area contributed by atoms with Gasteiger partial charge in [-0.15, -0.1) is 0 Å². The van der Waals surface area contributed by atoms with Gasteiger partial charge in [0.2, 0.25) is 0 Å². The molecule has 25 heavy (non-hydrogen) atoms. The molecule has 0 amide bonds. The van der Waals surface area contributed by atoms with E-state index in [1.807, 2.05) is 84.9 Å². The highest BCUT2D eigenvalue weighted by Gasteiger charge is 2.28. The van der Waals surface area contributed by atoms with Gasteiger partial charge in [0.25, 0.3) is 0 Å². The van der Waals surface area contributed by atoms with Crippen molar-refractivity contribution in [3.8, 4) is 5.75 Å². The molecule has 0 spiro atoms. The molecule has 0 aromatic heterocycles. The normalized spacial score (nSPS) is 11.2. The Morgan fingerprint density at radius 1 is 0.760 bits per heavy atom. The lowest BCUT2D eigenvalue weighted by molar-refractivity contribution is 0.380. The van der Waals surface area contributed by atoms with Gasteiger partial charge in [0.1, 0.15) is 12.1 Å². The maximum absolute atomic E-state index is 13.8. The molecular weight excluding hydrogens is 329 g/mol. The van der Waals surface area contributed by atoms with E-state index in [-0.39, 0.29) is 6.35 Å². The fraction of sp³-hybridized carbons (Fsp3) is 0.143. The third-order valence-electron chi connectivity index (χ3n) is 4.12. The van der Waals surface area contributed by atoms with Crippen LogP contribution in [0.2, 0.25) is 0 Å². The lowest BCUT2D eigenvalue weighted by Crippen LogP contribution is -2.20. The molecule has 3 nitrogen and oxygen atoms in total. The summed E-state index contributed by atoms with van der Waals surface area (Å²) in [6.45, 7) is 0.622. The Labute approximate surface area is 148 Å². The monoisotopic (exact) mass is 351 g/mol. The predicted octanol–water partition coefficient (Wildman–Crippen LogP) is 3.54. The van der Waals surface area contributed by atoms with Crippen molar-refractivity contribution in [3.63, 3.8) is 0 Å². The summed E-state index contributed by atoms with van der Waals surface area (Å²) in [5, 5.41) is 1.61. The second-order valence-corrected chi connectivity index (χ2v) is 8.64. The van der Waals surface area contributed by atoms with Crippen LogP contribution in [0.5, 0.6) is 5.75 Å². The van der Waals surface area contributed by atoms with Crippen LogP contribution in [0.3, 0.4) is 0 Å². The molecule has 3 aromatic carbocycles. The van der Waals surface area contributed by atoms with Crippen LogP contribution < -0.4 is 21.1 Å². The van der Waals surface area contributed by atoms with Gasteiger partial charge in [-0.25, -0.2) is 0 Å². The van der Waals surface area contributed by atoms with Crippen molar-refractivity contribution in [2.24, 2.45) is 5.73 Å². The molecule has 0 radical (unpaired) electrons. The summed E-state index contributed by atoms with van der Waals surface area (Å²) in [5.41, 5.74) is 6.75. The topological polar surface area (TPSA) is 52.3 Å². The summed E-state index contributed by atoms with van der Waals surface area (Å²) >= 11 is 0. The predicted molar refractivity (Wildman–Crippen MR) is 104 cm³/mol. The average Bonchev–Trinajstić information content (AvgIpc) is 2.69. The van der Waals surface area contributed by atoms with Crippen LogP contribution in [0, 0.1) is 0 Å². The van der Waals surface area contributed by atoms with Gasteiger partial charge in [-0.05, 0) is 30.7 Å². The molecule has 0 aliphatic rings. The van der Waals surface area contributed by atoms with Gasteiger partial charge in [0, 0.05) is 10.6 Å². The Morgan fingerprint density at radius 2 is 1.28 bits per heavy atom. The van der Waals surface area contributed by atoms with Gasteiger partial charge in [-0.2, -0.15) is 0 Å². The third-order valence-corrected chi connectivity index (χ3v) is 6.87. The molecule has 0 saturated carbocycles. The molecule has 0 aliphatic heterocycles. The SMILES string of the molecule is NCCc1ccc(OCP(=O)(c2ccccc2)c2ccccc2)cc1. The lowest BCUT2D eigenvalue weighted by atomic mass is 10.1. The molecule has 128 valence electrons. The molecule has 0 heterocycles. The summed E-state index contributed by atoms with van der Waals surface area (Å²) in [5.74, 6) is 0.716. The van der Waals surface area contributed by atoms with Crippen LogP contribution in [0.1, 0.15) is 5.56 Å². The van der Waals surface area contributed by atoms with E-state index in [2.05, 4.69) is 0 Å². The minimum Gasteiger partial charge on any atom is -0.485 e. The molecule has 3 rings (SSSR count). The molecule has 0 bridgehead atoms. The minimum absolute atomic E-state index is 0.136. The van der Waals surface area contributed by atoms with Gasteiger partial charge in [0.15, 0.2) is 7.14 Å². The maximum Gasteiger partial charge on any atom is 0.178 e. The molecule has 0 fully saturated rings. The number of ether oxygens (including phenoxy) is 1. The van der Waals surface area contributed by atoms with E-state index < -0.39 is 7.14 Å². The van der Waals surface area contributed by atoms with Gasteiger partial charge >= 0.3 is 0 Å².